The molecule has 17 heavy (non-hydrogen) atoms. The van der Waals surface area contributed by atoms with Crippen molar-refractivity contribution in [2.45, 2.75) is 70.7 Å². The van der Waals surface area contributed by atoms with Gasteiger partial charge in [0.05, 0.1) is 12.1 Å². The molecule has 1 amide bonds. The standard InChI is InChI=1S/C13H24N2O2/c1-13(2,3)11(14)12(17)15-8-4-5-9(15)7-10(16)6-8/h8-11,16H,4-7,14H2,1-3H3/t8?,9?,10?,11-/m0/s1. The van der Waals surface area contributed by atoms with E-state index in [1.54, 1.807) is 0 Å². The Morgan fingerprint density at radius 3 is 2.18 bits per heavy atom. The number of rotatable bonds is 1. The van der Waals surface area contributed by atoms with Crippen molar-refractivity contribution in [3.05, 3.63) is 0 Å². The number of nitrogens with zero attached hydrogens (tertiary/aromatic N) is 1. The topological polar surface area (TPSA) is 66.6 Å². The van der Waals surface area contributed by atoms with E-state index in [0.717, 1.165) is 25.7 Å². The second-order valence-electron chi connectivity index (χ2n) is 6.60. The third-order valence-electron chi connectivity index (χ3n) is 4.16. The molecule has 2 bridgehead atoms. The zero-order valence-electron chi connectivity index (χ0n) is 11.0. The second kappa shape index (κ2) is 4.25. The Balaban J connectivity index is 2.11. The summed E-state index contributed by atoms with van der Waals surface area (Å²) in [6.45, 7) is 5.99. The Hall–Kier alpha value is -0.610. The average Bonchev–Trinajstić information content (AvgIpc) is 2.47. The van der Waals surface area contributed by atoms with Crippen LogP contribution in [0.2, 0.25) is 0 Å². The van der Waals surface area contributed by atoms with E-state index in [9.17, 15) is 9.90 Å². The highest BCUT2D eigenvalue weighted by molar-refractivity contribution is 5.83. The first-order chi connectivity index (χ1) is 7.80. The summed E-state index contributed by atoms with van der Waals surface area (Å²) in [5.74, 6) is 0.0666. The minimum atomic E-state index is -0.444. The van der Waals surface area contributed by atoms with Crippen molar-refractivity contribution in [1.82, 2.24) is 4.90 Å². The summed E-state index contributed by atoms with van der Waals surface area (Å²) in [5.41, 5.74) is 5.86. The molecule has 2 heterocycles. The molecule has 2 fully saturated rings. The molecule has 0 aromatic carbocycles. The first-order valence-corrected chi connectivity index (χ1v) is 6.56. The van der Waals surface area contributed by atoms with Crippen LogP contribution in [-0.4, -0.2) is 40.1 Å². The maximum absolute atomic E-state index is 12.4. The van der Waals surface area contributed by atoms with Gasteiger partial charge in [0.25, 0.3) is 0 Å². The van der Waals surface area contributed by atoms with Gasteiger partial charge in [-0.1, -0.05) is 20.8 Å². The lowest BCUT2D eigenvalue weighted by atomic mass is 9.85. The molecule has 0 aliphatic carbocycles. The molecule has 3 N–H and O–H groups in total. The third kappa shape index (κ3) is 2.33. The van der Waals surface area contributed by atoms with Crippen LogP contribution < -0.4 is 5.73 Å². The van der Waals surface area contributed by atoms with E-state index in [1.165, 1.54) is 0 Å². The Bertz CT molecular complexity index is 297. The van der Waals surface area contributed by atoms with Crippen LogP contribution in [0.1, 0.15) is 46.5 Å². The molecule has 4 nitrogen and oxygen atoms in total. The lowest BCUT2D eigenvalue weighted by Gasteiger charge is -2.40. The van der Waals surface area contributed by atoms with Crippen molar-refractivity contribution in [1.29, 1.82) is 0 Å². The first kappa shape index (κ1) is 12.8. The van der Waals surface area contributed by atoms with Crippen LogP contribution in [0.25, 0.3) is 0 Å². The van der Waals surface area contributed by atoms with Gasteiger partial charge in [0, 0.05) is 12.1 Å². The molecule has 0 aromatic heterocycles. The van der Waals surface area contributed by atoms with E-state index in [0.29, 0.717) is 0 Å². The zero-order chi connectivity index (χ0) is 12.8. The third-order valence-corrected chi connectivity index (χ3v) is 4.16. The average molecular weight is 240 g/mol. The summed E-state index contributed by atoms with van der Waals surface area (Å²) in [6.07, 6.45) is 3.25. The molecule has 0 aromatic rings. The number of hydrogen-bond donors (Lipinski definition) is 2. The number of aliphatic hydroxyl groups is 1. The molecule has 0 saturated carbocycles. The minimum Gasteiger partial charge on any atom is -0.393 e. The number of piperidine rings is 1. The highest BCUT2D eigenvalue weighted by atomic mass is 16.3. The fourth-order valence-electron chi connectivity index (χ4n) is 3.04. The zero-order valence-corrected chi connectivity index (χ0v) is 11.0. The van der Waals surface area contributed by atoms with Crippen molar-refractivity contribution < 1.29 is 9.90 Å². The van der Waals surface area contributed by atoms with Crippen molar-refractivity contribution in [3.63, 3.8) is 0 Å². The SMILES string of the molecule is CC(C)(C)[C@@H](N)C(=O)N1C2CCC1CC(O)C2. The van der Waals surface area contributed by atoms with E-state index in [4.69, 9.17) is 5.73 Å². The van der Waals surface area contributed by atoms with Crippen LogP contribution in [0.5, 0.6) is 0 Å². The van der Waals surface area contributed by atoms with Crippen LogP contribution in [-0.2, 0) is 4.79 Å². The number of fused-ring (bicyclic) bond motifs is 2. The van der Waals surface area contributed by atoms with Gasteiger partial charge in [0.2, 0.25) is 5.91 Å². The van der Waals surface area contributed by atoms with Gasteiger partial charge in [-0.2, -0.15) is 0 Å². The number of carbonyl (C=O) groups excluding carboxylic acids is 1. The van der Waals surface area contributed by atoms with Crippen LogP contribution >= 0.6 is 0 Å². The van der Waals surface area contributed by atoms with Gasteiger partial charge >= 0.3 is 0 Å². The summed E-state index contributed by atoms with van der Waals surface area (Å²) in [4.78, 5) is 14.4. The van der Waals surface area contributed by atoms with E-state index in [1.807, 2.05) is 25.7 Å². The number of amides is 1. The predicted molar refractivity (Wildman–Crippen MR) is 66.3 cm³/mol. The van der Waals surface area contributed by atoms with Crippen LogP contribution in [0, 0.1) is 5.41 Å². The van der Waals surface area contributed by atoms with E-state index in [-0.39, 0.29) is 29.5 Å². The number of hydrogen-bond acceptors (Lipinski definition) is 3. The Morgan fingerprint density at radius 2 is 1.76 bits per heavy atom. The summed E-state index contributed by atoms with van der Waals surface area (Å²) in [7, 11) is 0. The Morgan fingerprint density at radius 1 is 1.29 bits per heavy atom. The highest BCUT2D eigenvalue weighted by Crippen LogP contribution is 2.37. The summed E-state index contributed by atoms with van der Waals surface area (Å²) < 4.78 is 0. The normalized spacial score (nSPS) is 34.9. The maximum Gasteiger partial charge on any atom is 0.240 e. The molecular formula is C13H24N2O2. The molecule has 2 saturated heterocycles. The lowest BCUT2D eigenvalue weighted by molar-refractivity contribution is -0.141. The van der Waals surface area contributed by atoms with Gasteiger partial charge in [-0.3, -0.25) is 4.79 Å². The maximum atomic E-state index is 12.4. The van der Waals surface area contributed by atoms with E-state index < -0.39 is 6.04 Å². The molecule has 4 heteroatoms. The van der Waals surface area contributed by atoms with Gasteiger partial charge in [0.15, 0.2) is 0 Å². The van der Waals surface area contributed by atoms with Crippen molar-refractivity contribution in [2.24, 2.45) is 11.1 Å². The predicted octanol–water partition coefficient (Wildman–Crippen LogP) is 0.874. The smallest absolute Gasteiger partial charge is 0.240 e. The van der Waals surface area contributed by atoms with Crippen LogP contribution in [0.15, 0.2) is 0 Å². The summed E-state index contributed by atoms with van der Waals surface area (Å²) in [5, 5.41) is 9.72. The van der Waals surface area contributed by atoms with Gasteiger partial charge < -0.3 is 15.7 Å². The van der Waals surface area contributed by atoms with Crippen molar-refractivity contribution in [2.75, 3.05) is 0 Å². The molecule has 98 valence electrons. The second-order valence-corrected chi connectivity index (χ2v) is 6.60. The van der Waals surface area contributed by atoms with Crippen molar-refractivity contribution in [3.8, 4) is 0 Å². The molecule has 2 aliphatic heterocycles. The monoisotopic (exact) mass is 240 g/mol. The summed E-state index contributed by atoms with van der Waals surface area (Å²) in [6, 6.07) is -0.0184. The first-order valence-electron chi connectivity index (χ1n) is 6.56. The lowest BCUT2D eigenvalue weighted by Crippen LogP contribution is -2.56. The van der Waals surface area contributed by atoms with Crippen LogP contribution in [0.3, 0.4) is 0 Å². The molecule has 0 spiro atoms. The quantitative estimate of drug-likeness (QED) is 0.715. The van der Waals surface area contributed by atoms with E-state index in [2.05, 4.69) is 0 Å². The fourth-order valence-corrected chi connectivity index (χ4v) is 3.04. The van der Waals surface area contributed by atoms with E-state index >= 15 is 0 Å². The summed E-state index contributed by atoms with van der Waals surface area (Å²) >= 11 is 0. The number of nitrogens with two attached hydrogens (primary N) is 1. The Labute approximate surface area is 103 Å². The number of carbonyl (C=O) groups is 1. The van der Waals surface area contributed by atoms with Gasteiger partial charge in [-0.05, 0) is 31.1 Å². The molecular weight excluding hydrogens is 216 g/mol. The molecule has 2 aliphatic rings. The molecule has 3 atom stereocenters. The van der Waals surface area contributed by atoms with Crippen molar-refractivity contribution >= 4 is 5.91 Å². The van der Waals surface area contributed by atoms with Gasteiger partial charge in [0.1, 0.15) is 0 Å². The number of aliphatic hydroxyl groups excluding tert-OH is 1. The van der Waals surface area contributed by atoms with Gasteiger partial charge in [-0.25, -0.2) is 0 Å². The highest BCUT2D eigenvalue weighted by Gasteiger charge is 2.45. The molecule has 0 radical (unpaired) electrons. The fraction of sp³-hybridized carbons (Fsp3) is 0.923. The minimum absolute atomic E-state index is 0.0666. The largest absolute Gasteiger partial charge is 0.393 e. The Kier molecular flexibility index (Phi) is 3.21. The van der Waals surface area contributed by atoms with Gasteiger partial charge in [-0.15, -0.1) is 0 Å². The molecule has 2 rings (SSSR count). The molecule has 2 unspecified atom stereocenters. The van der Waals surface area contributed by atoms with Crippen LogP contribution in [0.4, 0.5) is 0 Å².